The molecule has 0 aliphatic heterocycles. The van der Waals surface area contributed by atoms with E-state index in [1.54, 1.807) is 24.5 Å². The Hall–Kier alpha value is -2.59. The Morgan fingerprint density at radius 2 is 1.32 bits per heavy atom. The van der Waals surface area contributed by atoms with E-state index in [1.807, 2.05) is 73.1 Å². The number of benzene rings is 4. The number of nitrogens with one attached hydrogen (secondary N) is 1. The van der Waals surface area contributed by atoms with Gasteiger partial charge in [0.1, 0.15) is 11.2 Å². The van der Waals surface area contributed by atoms with Gasteiger partial charge in [-0.25, -0.2) is 0 Å². The van der Waals surface area contributed by atoms with E-state index >= 15 is 0 Å². The van der Waals surface area contributed by atoms with Gasteiger partial charge in [-0.2, -0.15) is 0 Å². The maximum Gasteiger partial charge on any atom is 0.332 e. The zero-order valence-corrected chi connectivity index (χ0v) is 35.5. The van der Waals surface area contributed by atoms with Gasteiger partial charge in [0.15, 0.2) is 0 Å². The first-order valence-electron chi connectivity index (χ1n) is 15.6. The lowest BCUT2D eigenvalue weighted by Crippen LogP contribution is -1.94. The third-order valence-corrected chi connectivity index (χ3v) is 9.07. The van der Waals surface area contributed by atoms with Crippen molar-refractivity contribution in [1.29, 1.82) is 0 Å². The summed E-state index contributed by atoms with van der Waals surface area (Å²) in [5.74, 6) is 0. The molecule has 0 amide bonds. The number of hydrogen-bond acceptors (Lipinski definition) is 7. The van der Waals surface area contributed by atoms with Gasteiger partial charge in [-0.3, -0.25) is 10.1 Å². The third kappa shape index (κ3) is 10.3. The van der Waals surface area contributed by atoms with Crippen LogP contribution in [0.2, 0.25) is 0 Å². The van der Waals surface area contributed by atoms with E-state index in [-0.39, 0.29) is 10.6 Å². The number of H-pyrrole nitrogens is 1. The smallest absolute Gasteiger partial charge is 0.332 e. The number of halogens is 3. The van der Waals surface area contributed by atoms with Crippen LogP contribution in [-0.2, 0) is 13.6 Å². The summed E-state index contributed by atoms with van der Waals surface area (Å²) in [4.78, 5) is 18.1. The molecular formula is C37H40BrI2N2O7P. The fourth-order valence-corrected chi connectivity index (χ4v) is 6.46. The van der Waals surface area contributed by atoms with Crippen LogP contribution in [0.25, 0.3) is 55.1 Å². The minimum Gasteiger partial charge on any atom is -0.464 e. The molecule has 50 heavy (non-hydrogen) atoms. The van der Waals surface area contributed by atoms with E-state index in [0.29, 0.717) is 35.4 Å². The topological polar surface area (TPSA) is 113 Å². The number of furan rings is 2. The van der Waals surface area contributed by atoms with Gasteiger partial charge >= 0.3 is 8.60 Å². The zero-order valence-electron chi connectivity index (χ0n) is 28.7. The molecule has 266 valence electrons. The van der Waals surface area contributed by atoms with Gasteiger partial charge < -0.3 is 27.4 Å². The minimum atomic E-state index is -1.06. The first-order chi connectivity index (χ1) is 24.4. The molecule has 3 heterocycles. The third-order valence-electron chi connectivity index (χ3n) is 7.02. The molecule has 0 spiro atoms. The maximum absolute atomic E-state index is 11.2. The van der Waals surface area contributed by atoms with E-state index in [1.165, 1.54) is 27.2 Å². The van der Waals surface area contributed by atoms with Crippen LogP contribution in [0.1, 0.15) is 26.3 Å². The highest BCUT2D eigenvalue weighted by Crippen LogP contribution is 2.40. The monoisotopic (exact) mass is 988 g/mol. The van der Waals surface area contributed by atoms with Gasteiger partial charge in [-0.15, -0.1) is 0 Å². The molecule has 0 saturated carbocycles. The van der Waals surface area contributed by atoms with Gasteiger partial charge in [-0.05, 0) is 83.3 Å². The summed E-state index contributed by atoms with van der Waals surface area (Å²) in [6.07, 6.45) is 1.56. The quantitative estimate of drug-likeness (QED) is 0.0530. The SMILES string of the molecule is CCOP(OCC)OCC.CI.CI.Cc1cccc2c1[nH]c1oc3ccccc3c12.O=[N+]([O-])c1c(Br)cccc1-c1coc2ccccc12. The Bertz CT molecular complexity index is 2080. The number of nitro groups is 1. The molecule has 4 aromatic carbocycles. The highest BCUT2D eigenvalue weighted by atomic mass is 127. The van der Waals surface area contributed by atoms with Crippen molar-refractivity contribution >= 4 is 119 Å². The highest BCUT2D eigenvalue weighted by Gasteiger charge is 2.22. The molecule has 0 aliphatic carbocycles. The second-order valence-corrected chi connectivity index (χ2v) is 12.0. The van der Waals surface area contributed by atoms with Crippen molar-refractivity contribution in [3.8, 4) is 11.1 Å². The van der Waals surface area contributed by atoms with E-state index < -0.39 is 8.60 Å². The molecule has 7 aromatic rings. The molecule has 9 nitrogen and oxygen atoms in total. The molecule has 0 radical (unpaired) electrons. The Morgan fingerprint density at radius 3 is 1.94 bits per heavy atom. The summed E-state index contributed by atoms with van der Waals surface area (Å²) >= 11 is 7.53. The van der Waals surface area contributed by atoms with E-state index in [2.05, 4.69) is 97.3 Å². The van der Waals surface area contributed by atoms with Gasteiger partial charge in [0.2, 0.25) is 5.71 Å². The van der Waals surface area contributed by atoms with E-state index in [9.17, 15) is 10.1 Å². The van der Waals surface area contributed by atoms with Crippen LogP contribution >= 0.6 is 69.7 Å². The van der Waals surface area contributed by atoms with Crippen LogP contribution < -0.4 is 0 Å². The second-order valence-electron chi connectivity index (χ2n) is 9.94. The van der Waals surface area contributed by atoms with Crippen molar-refractivity contribution in [2.24, 2.45) is 0 Å². The number of fused-ring (bicyclic) bond motifs is 6. The van der Waals surface area contributed by atoms with Crippen LogP contribution in [0.4, 0.5) is 5.69 Å². The van der Waals surface area contributed by atoms with Crippen molar-refractivity contribution in [3.05, 3.63) is 111 Å². The largest absolute Gasteiger partial charge is 0.464 e. The zero-order chi connectivity index (χ0) is 36.6. The Kier molecular flexibility index (Phi) is 18.2. The lowest BCUT2D eigenvalue weighted by Gasteiger charge is -2.12. The van der Waals surface area contributed by atoms with Gasteiger partial charge in [0.25, 0.3) is 5.69 Å². The number of rotatable bonds is 8. The Labute approximate surface area is 329 Å². The van der Waals surface area contributed by atoms with Crippen LogP contribution in [0, 0.1) is 17.0 Å². The molecule has 13 heteroatoms. The summed E-state index contributed by atoms with van der Waals surface area (Å²) in [7, 11) is -1.06. The fourth-order valence-electron chi connectivity index (χ4n) is 5.09. The average Bonchev–Trinajstić information content (AvgIpc) is 3.84. The Morgan fingerprint density at radius 1 is 0.760 bits per heavy atom. The van der Waals surface area contributed by atoms with Crippen LogP contribution in [0.15, 0.2) is 104 Å². The number of aryl methyl sites for hydroxylation is 1. The maximum atomic E-state index is 11.2. The van der Waals surface area contributed by atoms with Crippen LogP contribution in [0.3, 0.4) is 0 Å². The van der Waals surface area contributed by atoms with Crippen molar-refractivity contribution in [2.45, 2.75) is 27.7 Å². The van der Waals surface area contributed by atoms with E-state index in [4.69, 9.17) is 22.4 Å². The number of nitro benzene ring substituents is 1. The molecule has 0 atom stereocenters. The molecule has 1 N–H and O–H groups in total. The van der Waals surface area contributed by atoms with Crippen molar-refractivity contribution in [3.63, 3.8) is 0 Å². The second kappa shape index (κ2) is 21.7. The summed E-state index contributed by atoms with van der Waals surface area (Å²) in [5, 5.41) is 15.7. The molecule has 0 bridgehead atoms. The van der Waals surface area contributed by atoms with E-state index in [0.717, 1.165) is 22.2 Å². The summed E-state index contributed by atoms with van der Waals surface area (Å²) < 4.78 is 27.2. The first kappa shape index (κ1) is 41.8. The van der Waals surface area contributed by atoms with Crippen LogP contribution in [0.5, 0.6) is 0 Å². The fraction of sp³-hybridized carbons (Fsp3) is 0.243. The minimum absolute atomic E-state index is 0.0500. The first-order valence-corrected chi connectivity index (χ1v) is 21.8. The number of hydrogen-bond donors (Lipinski definition) is 1. The molecule has 7 rings (SSSR count). The predicted molar refractivity (Wildman–Crippen MR) is 228 cm³/mol. The number of aromatic nitrogens is 1. The molecule has 0 aliphatic rings. The molecule has 0 fully saturated rings. The average molecular weight is 989 g/mol. The lowest BCUT2D eigenvalue weighted by molar-refractivity contribution is -0.385. The summed E-state index contributed by atoms with van der Waals surface area (Å²) in [6.45, 7) is 9.82. The normalized spacial score (nSPS) is 10.5. The number of nitrogens with zero attached hydrogens (tertiary/aromatic N) is 1. The van der Waals surface area contributed by atoms with Gasteiger partial charge in [0, 0.05) is 21.7 Å². The molecular weight excluding hydrogens is 949 g/mol. The number of aromatic amines is 1. The predicted octanol–water partition coefficient (Wildman–Crippen LogP) is 13.6. The van der Waals surface area contributed by atoms with Gasteiger partial charge in [0.05, 0.1) is 51.9 Å². The van der Waals surface area contributed by atoms with Crippen molar-refractivity contribution < 1.29 is 27.3 Å². The number of alkyl halides is 2. The molecule has 0 unspecified atom stereocenters. The highest BCUT2D eigenvalue weighted by molar-refractivity contribution is 14.1. The van der Waals surface area contributed by atoms with Gasteiger partial charge in [-0.1, -0.05) is 106 Å². The summed E-state index contributed by atoms with van der Waals surface area (Å²) in [5.41, 5.74) is 6.27. The molecule has 0 saturated heterocycles. The van der Waals surface area contributed by atoms with Crippen molar-refractivity contribution in [2.75, 3.05) is 29.7 Å². The standard InChI is InChI=1S/C15H11NO.C14H8BrNO3.C6H15O3P.2CH3I/c1-9-5-4-7-11-13-10-6-2-3-8-12(10)17-15(13)16-14(9)11;15-12-6-3-5-10(14(12)16(17)18)11-8-19-13-7-2-1-4-9(11)13;1-4-7-10(8-5-2)9-6-3;2*1-2/h2-8,16H,1H3;1-8H;4-6H2,1-3H3;2*1H3. The molecule has 3 aromatic heterocycles. The van der Waals surface area contributed by atoms with Crippen molar-refractivity contribution in [1.82, 2.24) is 4.98 Å². The lowest BCUT2D eigenvalue weighted by atomic mass is 10.0. The van der Waals surface area contributed by atoms with Crippen LogP contribution in [-0.4, -0.2) is 39.6 Å². The number of para-hydroxylation sites is 4. The Balaban J connectivity index is 0.000000202. The summed E-state index contributed by atoms with van der Waals surface area (Å²) in [6, 6.07) is 27.1.